The Bertz CT molecular complexity index is 724. The first-order chi connectivity index (χ1) is 11.5. The van der Waals surface area contributed by atoms with E-state index in [4.69, 9.17) is 4.74 Å². The number of methoxy groups -OCH3 is 1. The number of hydrogen-bond donors (Lipinski definition) is 2. The van der Waals surface area contributed by atoms with Crippen LogP contribution in [0.15, 0.2) is 42.5 Å². The molecule has 0 atom stereocenters. The Balaban J connectivity index is 1.85. The minimum atomic E-state index is -0.0910. The predicted octanol–water partition coefficient (Wildman–Crippen LogP) is 3.65. The Morgan fingerprint density at radius 1 is 1.08 bits per heavy atom. The number of ketones is 1. The number of carbonyl (C=O) groups excluding carboxylic acids is 2. The number of carbonyl (C=O) groups is 2. The minimum Gasteiger partial charge on any atom is -0.495 e. The molecule has 0 saturated heterocycles. The third-order valence-electron chi connectivity index (χ3n) is 3.60. The number of amides is 1. The largest absolute Gasteiger partial charge is 0.495 e. The zero-order valence-corrected chi connectivity index (χ0v) is 14.2. The number of aryl methyl sites for hydroxylation is 1. The van der Waals surface area contributed by atoms with Gasteiger partial charge in [-0.15, -0.1) is 0 Å². The van der Waals surface area contributed by atoms with Gasteiger partial charge in [-0.1, -0.05) is 6.07 Å². The lowest BCUT2D eigenvalue weighted by Gasteiger charge is -2.11. The molecule has 0 bridgehead atoms. The molecule has 126 valence electrons. The fourth-order valence-corrected chi connectivity index (χ4v) is 2.28. The molecule has 0 aromatic heterocycles. The number of ether oxygens (including phenoxy) is 1. The second-order valence-electron chi connectivity index (χ2n) is 5.56. The lowest BCUT2D eigenvalue weighted by Crippen LogP contribution is -2.16. The van der Waals surface area contributed by atoms with Crippen LogP contribution in [0.3, 0.4) is 0 Å². The van der Waals surface area contributed by atoms with Crippen molar-refractivity contribution in [3.05, 3.63) is 53.6 Å². The van der Waals surface area contributed by atoms with Gasteiger partial charge < -0.3 is 15.4 Å². The van der Waals surface area contributed by atoms with Gasteiger partial charge in [-0.3, -0.25) is 9.59 Å². The van der Waals surface area contributed by atoms with Gasteiger partial charge in [0.1, 0.15) is 5.75 Å². The van der Waals surface area contributed by atoms with E-state index in [1.165, 1.54) is 6.92 Å². The molecule has 2 N–H and O–H groups in total. The van der Waals surface area contributed by atoms with E-state index in [-0.39, 0.29) is 11.7 Å². The summed E-state index contributed by atoms with van der Waals surface area (Å²) in [5.41, 5.74) is 3.27. The van der Waals surface area contributed by atoms with Crippen LogP contribution in [0.2, 0.25) is 0 Å². The number of Topliss-reactive ketones (excluding diaryl/α,β-unsaturated/α-hetero) is 1. The number of nitrogens with one attached hydrogen (secondary N) is 2. The van der Waals surface area contributed by atoms with Gasteiger partial charge in [0.25, 0.3) is 0 Å². The zero-order valence-electron chi connectivity index (χ0n) is 14.2. The van der Waals surface area contributed by atoms with Crippen molar-refractivity contribution in [3.63, 3.8) is 0 Å². The summed E-state index contributed by atoms with van der Waals surface area (Å²) in [6.07, 6.45) is 0.325. The molecule has 0 aliphatic carbocycles. The van der Waals surface area contributed by atoms with Crippen LogP contribution in [0, 0.1) is 6.92 Å². The van der Waals surface area contributed by atoms with Gasteiger partial charge in [-0.2, -0.15) is 0 Å². The standard InChI is InChI=1S/C19H22N2O3/c1-13-4-9-18(24-3)17(12-13)21-19(23)10-11-20-16-7-5-15(6-8-16)14(2)22/h4-9,12,20H,10-11H2,1-3H3,(H,21,23). The molecule has 5 heteroatoms. The third kappa shape index (κ3) is 4.84. The second-order valence-corrected chi connectivity index (χ2v) is 5.56. The van der Waals surface area contributed by atoms with Gasteiger partial charge in [0.2, 0.25) is 5.91 Å². The lowest BCUT2D eigenvalue weighted by atomic mass is 10.1. The van der Waals surface area contributed by atoms with Crippen molar-refractivity contribution in [2.24, 2.45) is 0 Å². The molecule has 2 rings (SSSR count). The Hall–Kier alpha value is -2.82. The van der Waals surface area contributed by atoms with Crippen LogP contribution >= 0.6 is 0 Å². The number of rotatable bonds is 7. The summed E-state index contributed by atoms with van der Waals surface area (Å²) in [5, 5.41) is 6.03. The normalized spacial score (nSPS) is 10.1. The van der Waals surface area contributed by atoms with Gasteiger partial charge in [0.05, 0.1) is 12.8 Å². The molecule has 0 heterocycles. The van der Waals surface area contributed by atoms with Crippen molar-refractivity contribution >= 4 is 23.1 Å². The molecule has 0 aliphatic heterocycles. The van der Waals surface area contributed by atoms with E-state index < -0.39 is 0 Å². The Kier molecular flexibility index (Phi) is 5.95. The van der Waals surface area contributed by atoms with Crippen molar-refractivity contribution in [1.82, 2.24) is 0 Å². The van der Waals surface area contributed by atoms with E-state index in [9.17, 15) is 9.59 Å². The van der Waals surface area contributed by atoms with E-state index in [1.54, 1.807) is 19.2 Å². The maximum Gasteiger partial charge on any atom is 0.226 e. The topological polar surface area (TPSA) is 67.4 Å². The number of hydrogen-bond acceptors (Lipinski definition) is 4. The van der Waals surface area contributed by atoms with Crippen LogP contribution in [0.4, 0.5) is 11.4 Å². The zero-order chi connectivity index (χ0) is 17.5. The van der Waals surface area contributed by atoms with Crippen LogP contribution in [0.5, 0.6) is 5.75 Å². The SMILES string of the molecule is COc1ccc(C)cc1NC(=O)CCNc1ccc(C(C)=O)cc1. The van der Waals surface area contributed by atoms with Crippen LogP contribution in [-0.2, 0) is 4.79 Å². The maximum atomic E-state index is 12.1. The minimum absolute atomic E-state index is 0.0352. The van der Waals surface area contributed by atoms with Crippen molar-refractivity contribution in [2.75, 3.05) is 24.3 Å². The predicted molar refractivity (Wildman–Crippen MR) is 95.9 cm³/mol. The highest BCUT2D eigenvalue weighted by Crippen LogP contribution is 2.25. The lowest BCUT2D eigenvalue weighted by molar-refractivity contribution is -0.116. The van der Waals surface area contributed by atoms with Gasteiger partial charge in [0, 0.05) is 24.2 Å². The van der Waals surface area contributed by atoms with Gasteiger partial charge in [-0.05, 0) is 55.8 Å². The molecule has 0 unspecified atom stereocenters. The molecule has 0 fully saturated rings. The van der Waals surface area contributed by atoms with Crippen LogP contribution in [-0.4, -0.2) is 25.3 Å². The smallest absolute Gasteiger partial charge is 0.226 e. The molecule has 0 aliphatic rings. The van der Waals surface area contributed by atoms with Gasteiger partial charge in [-0.25, -0.2) is 0 Å². The molecule has 0 radical (unpaired) electrons. The van der Waals surface area contributed by atoms with E-state index in [0.29, 0.717) is 30.0 Å². The molecule has 1 amide bonds. The highest BCUT2D eigenvalue weighted by atomic mass is 16.5. The Morgan fingerprint density at radius 3 is 2.42 bits per heavy atom. The van der Waals surface area contributed by atoms with Crippen LogP contribution < -0.4 is 15.4 Å². The van der Waals surface area contributed by atoms with E-state index in [2.05, 4.69) is 10.6 Å². The number of benzene rings is 2. The highest BCUT2D eigenvalue weighted by molar-refractivity contribution is 5.94. The van der Waals surface area contributed by atoms with Crippen molar-refractivity contribution in [1.29, 1.82) is 0 Å². The maximum absolute atomic E-state index is 12.1. The van der Waals surface area contributed by atoms with Gasteiger partial charge in [0.15, 0.2) is 5.78 Å². The fraction of sp³-hybridized carbons (Fsp3) is 0.263. The highest BCUT2D eigenvalue weighted by Gasteiger charge is 2.08. The molecular weight excluding hydrogens is 304 g/mol. The summed E-state index contributed by atoms with van der Waals surface area (Å²) in [4.78, 5) is 23.3. The molecule has 5 nitrogen and oxygen atoms in total. The Labute approximate surface area is 142 Å². The van der Waals surface area contributed by atoms with E-state index >= 15 is 0 Å². The van der Waals surface area contributed by atoms with Crippen molar-refractivity contribution in [2.45, 2.75) is 20.3 Å². The average molecular weight is 326 g/mol. The van der Waals surface area contributed by atoms with Crippen molar-refractivity contribution < 1.29 is 14.3 Å². The average Bonchev–Trinajstić information content (AvgIpc) is 2.55. The van der Waals surface area contributed by atoms with Gasteiger partial charge >= 0.3 is 0 Å². The Morgan fingerprint density at radius 2 is 1.79 bits per heavy atom. The summed E-state index contributed by atoms with van der Waals surface area (Å²) in [6, 6.07) is 12.8. The molecule has 2 aromatic rings. The molecular formula is C19H22N2O3. The first-order valence-electron chi connectivity index (χ1n) is 7.79. The molecule has 0 saturated carbocycles. The number of anilines is 2. The summed E-state index contributed by atoms with van der Waals surface area (Å²) in [7, 11) is 1.58. The molecule has 24 heavy (non-hydrogen) atoms. The van der Waals surface area contributed by atoms with E-state index in [1.807, 2.05) is 37.3 Å². The molecule has 0 spiro atoms. The first-order valence-corrected chi connectivity index (χ1v) is 7.79. The fourth-order valence-electron chi connectivity index (χ4n) is 2.28. The van der Waals surface area contributed by atoms with Crippen LogP contribution in [0.25, 0.3) is 0 Å². The quantitative estimate of drug-likeness (QED) is 0.762. The molecule has 2 aromatic carbocycles. The summed E-state index contributed by atoms with van der Waals surface area (Å²) >= 11 is 0. The van der Waals surface area contributed by atoms with E-state index in [0.717, 1.165) is 11.3 Å². The first kappa shape index (κ1) is 17.5. The summed E-state index contributed by atoms with van der Waals surface area (Å²) in [5.74, 6) is 0.585. The monoisotopic (exact) mass is 326 g/mol. The third-order valence-corrected chi connectivity index (χ3v) is 3.60. The summed E-state index contributed by atoms with van der Waals surface area (Å²) in [6.45, 7) is 3.99. The second kappa shape index (κ2) is 8.15. The summed E-state index contributed by atoms with van der Waals surface area (Å²) < 4.78 is 5.25. The van der Waals surface area contributed by atoms with Crippen LogP contribution in [0.1, 0.15) is 29.3 Å². The van der Waals surface area contributed by atoms with Crippen molar-refractivity contribution in [3.8, 4) is 5.75 Å².